The van der Waals surface area contributed by atoms with Crippen LogP contribution in [0.5, 0.6) is 0 Å². The number of likely N-dealkylation sites (tertiary alicyclic amines) is 1. The Morgan fingerprint density at radius 3 is 2.53 bits per heavy atom. The third-order valence-electron chi connectivity index (χ3n) is 5.73. The number of nitrogens with one attached hydrogen (secondary N) is 1. The summed E-state index contributed by atoms with van der Waals surface area (Å²) in [7, 11) is -3.58. The minimum atomic E-state index is -3.58. The standard InChI is InChI=1S/C22H23N3O4S/c26-22(16-4-3-5-18(14-16)30(27,28)24-17-8-9-17)25-12-10-15(11-13-25)21-23-19-6-1-2-7-20(19)29-21/h1-7,14-15,17,24H,8-13H2. The first-order valence-corrected chi connectivity index (χ1v) is 11.7. The molecule has 8 heteroatoms. The molecule has 2 aromatic carbocycles. The summed E-state index contributed by atoms with van der Waals surface area (Å²) in [5, 5.41) is 0. The molecule has 1 aliphatic carbocycles. The predicted octanol–water partition coefficient (Wildman–Crippen LogP) is 3.29. The maximum absolute atomic E-state index is 13.0. The summed E-state index contributed by atoms with van der Waals surface area (Å²) in [5.41, 5.74) is 2.03. The Bertz CT molecular complexity index is 1160. The van der Waals surface area contributed by atoms with Crippen LogP contribution in [0.25, 0.3) is 11.1 Å². The van der Waals surface area contributed by atoms with Crippen LogP contribution in [0.4, 0.5) is 0 Å². The molecule has 0 spiro atoms. The summed E-state index contributed by atoms with van der Waals surface area (Å²) in [4.78, 5) is 19.5. The molecule has 30 heavy (non-hydrogen) atoms. The Hall–Kier alpha value is -2.71. The fourth-order valence-electron chi connectivity index (χ4n) is 3.86. The highest BCUT2D eigenvalue weighted by atomic mass is 32.2. The van der Waals surface area contributed by atoms with Gasteiger partial charge in [0.15, 0.2) is 11.5 Å². The van der Waals surface area contributed by atoms with Crippen LogP contribution < -0.4 is 4.72 Å². The zero-order valence-electron chi connectivity index (χ0n) is 16.5. The molecule has 1 N–H and O–H groups in total. The van der Waals surface area contributed by atoms with E-state index in [0.717, 1.165) is 42.7 Å². The number of hydrogen-bond donors (Lipinski definition) is 1. The van der Waals surface area contributed by atoms with Crippen molar-refractivity contribution in [2.75, 3.05) is 13.1 Å². The van der Waals surface area contributed by atoms with Gasteiger partial charge in [0.2, 0.25) is 10.0 Å². The SMILES string of the molecule is O=C(c1cccc(S(=O)(=O)NC2CC2)c1)N1CCC(c2nc3ccccc3o2)CC1. The van der Waals surface area contributed by atoms with Crippen LogP contribution in [-0.4, -0.2) is 43.3 Å². The van der Waals surface area contributed by atoms with E-state index in [1.54, 1.807) is 17.0 Å². The van der Waals surface area contributed by atoms with Crippen LogP contribution in [0.2, 0.25) is 0 Å². The van der Waals surface area contributed by atoms with E-state index in [-0.39, 0.29) is 22.8 Å². The van der Waals surface area contributed by atoms with Crippen molar-refractivity contribution in [3.05, 3.63) is 60.0 Å². The van der Waals surface area contributed by atoms with Gasteiger partial charge in [-0.2, -0.15) is 0 Å². The molecule has 2 aliphatic rings. The lowest BCUT2D eigenvalue weighted by Gasteiger charge is -2.30. The molecular weight excluding hydrogens is 402 g/mol. The van der Waals surface area contributed by atoms with Gasteiger partial charge in [0.25, 0.3) is 5.91 Å². The Morgan fingerprint density at radius 1 is 1.03 bits per heavy atom. The van der Waals surface area contributed by atoms with E-state index < -0.39 is 10.0 Å². The van der Waals surface area contributed by atoms with Crippen molar-refractivity contribution in [1.29, 1.82) is 0 Å². The van der Waals surface area contributed by atoms with Crippen molar-refractivity contribution in [1.82, 2.24) is 14.6 Å². The Labute approximate surface area is 175 Å². The summed E-state index contributed by atoms with van der Waals surface area (Å²) < 4.78 is 33.5. The number of oxazole rings is 1. The number of amides is 1. The number of sulfonamides is 1. The number of benzene rings is 2. The minimum Gasteiger partial charge on any atom is -0.440 e. The van der Waals surface area contributed by atoms with Gasteiger partial charge in [0, 0.05) is 30.6 Å². The molecule has 0 bridgehead atoms. The van der Waals surface area contributed by atoms with E-state index in [1.165, 1.54) is 12.1 Å². The average Bonchev–Trinajstić information content (AvgIpc) is 3.46. The fourth-order valence-corrected chi connectivity index (χ4v) is 5.21. The lowest BCUT2D eigenvalue weighted by molar-refractivity contribution is 0.0706. The highest BCUT2D eigenvalue weighted by Gasteiger charge is 2.30. The summed E-state index contributed by atoms with van der Waals surface area (Å²) in [6.45, 7) is 1.17. The Morgan fingerprint density at radius 2 is 1.80 bits per heavy atom. The lowest BCUT2D eigenvalue weighted by atomic mass is 9.96. The molecule has 0 unspecified atom stereocenters. The first-order valence-electron chi connectivity index (χ1n) is 10.3. The Kier molecular flexibility index (Phi) is 4.83. The molecule has 1 amide bonds. The van der Waals surface area contributed by atoms with Crippen LogP contribution in [-0.2, 0) is 10.0 Å². The van der Waals surface area contributed by atoms with Gasteiger partial charge in [-0.25, -0.2) is 18.1 Å². The van der Waals surface area contributed by atoms with Gasteiger partial charge in [-0.3, -0.25) is 4.79 Å². The molecule has 1 saturated carbocycles. The Balaban J connectivity index is 1.27. The molecule has 1 aliphatic heterocycles. The van der Waals surface area contributed by atoms with E-state index in [1.807, 2.05) is 24.3 Å². The topological polar surface area (TPSA) is 92.5 Å². The summed E-state index contributed by atoms with van der Waals surface area (Å²) in [6, 6.07) is 14.0. The second kappa shape index (κ2) is 7.52. The molecular formula is C22H23N3O4S. The zero-order valence-corrected chi connectivity index (χ0v) is 17.3. The van der Waals surface area contributed by atoms with E-state index in [0.29, 0.717) is 18.7 Å². The van der Waals surface area contributed by atoms with Crippen molar-refractivity contribution >= 4 is 27.0 Å². The number of carbonyl (C=O) groups is 1. The van der Waals surface area contributed by atoms with Crippen molar-refractivity contribution in [3.8, 4) is 0 Å². The molecule has 0 radical (unpaired) electrons. The van der Waals surface area contributed by atoms with Gasteiger partial charge in [-0.05, 0) is 56.0 Å². The normalized spacial score (nSPS) is 18.1. The van der Waals surface area contributed by atoms with Crippen molar-refractivity contribution in [3.63, 3.8) is 0 Å². The van der Waals surface area contributed by atoms with Crippen molar-refractivity contribution in [2.24, 2.45) is 0 Å². The number of aromatic nitrogens is 1. The van der Waals surface area contributed by atoms with Crippen molar-refractivity contribution < 1.29 is 17.6 Å². The molecule has 1 aromatic heterocycles. The van der Waals surface area contributed by atoms with Crippen LogP contribution in [0.3, 0.4) is 0 Å². The molecule has 0 atom stereocenters. The third-order valence-corrected chi connectivity index (χ3v) is 7.25. The van der Waals surface area contributed by atoms with Gasteiger partial charge in [0.05, 0.1) is 4.90 Å². The van der Waals surface area contributed by atoms with Crippen molar-refractivity contribution in [2.45, 2.75) is 42.5 Å². The maximum Gasteiger partial charge on any atom is 0.253 e. The summed E-state index contributed by atoms with van der Waals surface area (Å²) in [5.74, 6) is 0.757. The van der Waals surface area contributed by atoms with Gasteiger partial charge in [-0.15, -0.1) is 0 Å². The van der Waals surface area contributed by atoms with E-state index in [2.05, 4.69) is 9.71 Å². The van der Waals surface area contributed by atoms with Crippen LogP contribution in [0.15, 0.2) is 57.8 Å². The third kappa shape index (κ3) is 3.85. The second-order valence-corrected chi connectivity index (χ2v) is 9.72. The molecule has 1 saturated heterocycles. The first-order chi connectivity index (χ1) is 14.5. The number of carbonyl (C=O) groups excluding carboxylic acids is 1. The highest BCUT2D eigenvalue weighted by molar-refractivity contribution is 7.89. The van der Waals surface area contributed by atoms with Gasteiger partial charge >= 0.3 is 0 Å². The van der Waals surface area contributed by atoms with Gasteiger partial charge in [-0.1, -0.05) is 18.2 Å². The molecule has 156 valence electrons. The fraction of sp³-hybridized carbons (Fsp3) is 0.364. The van der Waals surface area contributed by atoms with Crippen LogP contribution in [0, 0.1) is 0 Å². The predicted molar refractivity (Wildman–Crippen MR) is 112 cm³/mol. The molecule has 5 rings (SSSR count). The number of rotatable bonds is 5. The number of piperidine rings is 1. The van der Waals surface area contributed by atoms with Crippen LogP contribution in [0.1, 0.15) is 47.8 Å². The maximum atomic E-state index is 13.0. The molecule has 2 heterocycles. The number of fused-ring (bicyclic) bond motifs is 1. The molecule has 2 fully saturated rings. The van der Waals surface area contributed by atoms with E-state index in [9.17, 15) is 13.2 Å². The molecule has 7 nitrogen and oxygen atoms in total. The number of hydrogen-bond acceptors (Lipinski definition) is 5. The smallest absolute Gasteiger partial charge is 0.253 e. The lowest BCUT2D eigenvalue weighted by Crippen LogP contribution is -2.38. The first kappa shape index (κ1) is 19.3. The summed E-state index contributed by atoms with van der Waals surface area (Å²) in [6.07, 6.45) is 3.26. The monoisotopic (exact) mass is 425 g/mol. The number of nitrogens with zero attached hydrogens (tertiary/aromatic N) is 2. The quantitative estimate of drug-likeness (QED) is 0.677. The largest absolute Gasteiger partial charge is 0.440 e. The summed E-state index contributed by atoms with van der Waals surface area (Å²) >= 11 is 0. The second-order valence-electron chi connectivity index (χ2n) is 8.01. The van der Waals surface area contributed by atoms with Gasteiger partial charge in [0.1, 0.15) is 5.52 Å². The van der Waals surface area contributed by atoms with Gasteiger partial charge < -0.3 is 9.32 Å². The number of para-hydroxylation sites is 2. The minimum absolute atomic E-state index is 0.0280. The van der Waals surface area contributed by atoms with E-state index >= 15 is 0 Å². The zero-order chi connectivity index (χ0) is 20.7. The highest BCUT2D eigenvalue weighted by Crippen LogP contribution is 2.30. The molecule has 3 aromatic rings. The van der Waals surface area contributed by atoms with Crippen LogP contribution >= 0.6 is 0 Å². The average molecular weight is 426 g/mol. The van der Waals surface area contributed by atoms with E-state index in [4.69, 9.17) is 4.42 Å².